The molecule has 0 aliphatic carbocycles. The van der Waals surface area contributed by atoms with E-state index < -0.39 is 0 Å². The van der Waals surface area contributed by atoms with Crippen LogP contribution in [-0.4, -0.2) is 74.1 Å². The molecule has 2 saturated heterocycles. The lowest BCUT2D eigenvalue weighted by Gasteiger charge is -2.29. The number of nitrogens with zero attached hydrogens (tertiary/aromatic N) is 2. The van der Waals surface area contributed by atoms with Crippen LogP contribution in [0, 0.1) is 0 Å². The summed E-state index contributed by atoms with van der Waals surface area (Å²) in [6.45, 7) is 5.73. The minimum absolute atomic E-state index is 0.0711. The minimum Gasteiger partial charge on any atom is -0.378 e. The highest BCUT2D eigenvalue weighted by molar-refractivity contribution is 5.84. The van der Waals surface area contributed by atoms with Gasteiger partial charge in [0.15, 0.2) is 0 Å². The van der Waals surface area contributed by atoms with Gasteiger partial charge in [-0.3, -0.25) is 9.59 Å². The smallest absolute Gasteiger partial charge is 0.223 e. The molecule has 0 aromatic carbocycles. The number of ether oxygens (including phenoxy) is 1. The van der Waals surface area contributed by atoms with Crippen LogP contribution < -0.4 is 5.32 Å². The van der Waals surface area contributed by atoms with E-state index in [1.807, 2.05) is 4.90 Å². The molecule has 2 rings (SSSR count). The zero-order valence-corrected chi connectivity index (χ0v) is 10.7. The highest BCUT2D eigenvalue weighted by Gasteiger charge is 2.20. The molecule has 2 fully saturated rings. The van der Waals surface area contributed by atoms with Crippen LogP contribution in [0.5, 0.6) is 0 Å². The third-order valence-electron chi connectivity index (χ3n) is 3.39. The summed E-state index contributed by atoms with van der Waals surface area (Å²) < 4.78 is 5.19. The maximum absolute atomic E-state index is 11.9. The average Bonchev–Trinajstić information content (AvgIpc) is 2.46. The second-order valence-corrected chi connectivity index (χ2v) is 4.62. The Hall–Kier alpha value is -1.14. The highest BCUT2D eigenvalue weighted by atomic mass is 16.5. The van der Waals surface area contributed by atoms with Crippen molar-refractivity contribution in [3.63, 3.8) is 0 Å². The molecular weight excluding hydrogens is 234 g/mol. The van der Waals surface area contributed by atoms with Crippen molar-refractivity contribution in [1.29, 1.82) is 0 Å². The summed E-state index contributed by atoms with van der Waals surface area (Å²) in [5, 5.41) is 3.20. The van der Waals surface area contributed by atoms with Gasteiger partial charge in [-0.2, -0.15) is 0 Å². The SMILES string of the molecule is O=C(CCC(=O)N1CCOCC1)N1CCNCC1. The van der Waals surface area contributed by atoms with Gasteiger partial charge in [0.1, 0.15) is 0 Å². The fourth-order valence-corrected chi connectivity index (χ4v) is 2.26. The van der Waals surface area contributed by atoms with Crippen LogP contribution in [0.1, 0.15) is 12.8 Å². The van der Waals surface area contributed by atoms with Gasteiger partial charge in [-0.15, -0.1) is 0 Å². The lowest BCUT2D eigenvalue weighted by Crippen LogP contribution is -2.47. The normalized spacial score (nSPS) is 20.9. The molecule has 18 heavy (non-hydrogen) atoms. The summed E-state index contributed by atoms with van der Waals surface area (Å²) in [7, 11) is 0. The summed E-state index contributed by atoms with van der Waals surface area (Å²) in [5.74, 6) is 0.167. The zero-order valence-electron chi connectivity index (χ0n) is 10.7. The number of amides is 2. The number of carbonyl (C=O) groups excluding carboxylic acids is 2. The molecule has 0 aromatic rings. The molecule has 0 spiro atoms. The van der Waals surface area contributed by atoms with Gasteiger partial charge in [-0.1, -0.05) is 0 Å². The van der Waals surface area contributed by atoms with Crippen LogP contribution in [0.2, 0.25) is 0 Å². The number of nitrogens with one attached hydrogen (secondary N) is 1. The Morgan fingerprint density at radius 1 is 0.889 bits per heavy atom. The van der Waals surface area contributed by atoms with Crippen molar-refractivity contribution < 1.29 is 14.3 Å². The third-order valence-corrected chi connectivity index (χ3v) is 3.39. The largest absolute Gasteiger partial charge is 0.378 e. The van der Waals surface area contributed by atoms with Crippen molar-refractivity contribution in [3.05, 3.63) is 0 Å². The van der Waals surface area contributed by atoms with Crippen LogP contribution in [0.4, 0.5) is 0 Å². The maximum atomic E-state index is 11.9. The topological polar surface area (TPSA) is 61.9 Å². The highest BCUT2D eigenvalue weighted by Crippen LogP contribution is 2.05. The predicted octanol–water partition coefficient (Wildman–Crippen LogP) is -0.943. The lowest BCUT2D eigenvalue weighted by molar-refractivity contribution is -0.139. The Kier molecular flexibility index (Phi) is 4.95. The average molecular weight is 255 g/mol. The summed E-state index contributed by atoms with van der Waals surface area (Å²) in [6, 6.07) is 0. The monoisotopic (exact) mass is 255 g/mol. The van der Waals surface area contributed by atoms with Gasteiger partial charge in [-0.05, 0) is 0 Å². The number of hydrogen-bond donors (Lipinski definition) is 1. The van der Waals surface area contributed by atoms with Crippen molar-refractivity contribution in [2.45, 2.75) is 12.8 Å². The Labute approximate surface area is 107 Å². The Morgan fingerprint density at radius 2 is 1.39 bits per heavy atom. The van der Waals surface area contributed by atoms with Gasteiger partial charge in [0.25, 0.3) is 0 Å². The molecule has 2 aliphatic heterocycles. The predicted molar refractivity (Wildman–Crippen MR) is 66.1 cm³/mol. The van der Waals surface area contributed by atoms with Gasteiger partial charge < -0.3 is 19.9 Å². The van der Waals surface area contributed by atoms with Gasteiger partial charge in [0.05, 0.1) is 13.2 Å². The fourth-order valence-electron chi connectivity index (χ4n) is 2.26. The Morgan fingerprint density at radius 3 is 1.94 bits per heavy atom. The Bertz CT molecular complexity index is 267. The molecule has 6 nitrogen and oxygen atoms in total. The third kappa shape index (κ3) is 3.68. The van der Waals surface area contributed by atoms with Gasteiger partial charge >= 0.3 is 0 Å². The van der Waals surface area contributed by atoms with E-state index >= 15 is 0 Å². The van der Waals surface area contributed by atoms with E-state index in [0.717, 1.165) is 26.2 Å². The molecule has 0 atom stereocenters. The summed E-state index contributed by atoms with van der Waals surface area (Å²) in [4.78, 5) is 27.4. The molecule has 0 bridgehead atoms. The summed E-state index contributed by atoms with van der Waals surface area (Å²) in [5.41, 5.74) is 0. The Balaban J connectivity index is 1.69. The zero-order chi connectivity index (χ0) is 12.8. The second-order valence-electron chi connectivity index (χ2n) is 4.62. The van der Waals surface area contributed by atoms with Crippen molar-refractivity contribution in [2.24, 2.45) is 0 Å². The number of hydrogen-bond acceptors (Lipinski definition) is 4. The van der Waals surface area contributed by atoms with Crippen molar-refractivity contribution in [3.8, 4) is 0 Å². The van der Waals surface area contributed by atoms with Crippen LogP contribution in [0.15, 0.2) is 0 Å². The molecule has 0 aromatic heterocycles. The quantitative estimate of drug-likeness (QED) is 0.707. The first-order chi connectivity index (χ1) is 8.77. The molecular formula is C12H21N3O3. The second kappa shape index (κ2) is 6.70. The van der Waals surface area contributed by atoms with E-state index in [1.54, 1.807) is 4.90 Å². The van der Waals surface area contributed by atoms with Gasteiger partial charge in [-0.25, -0.2) is 0 Å². The van der Waals surface area contributed by atoms with E-state index in [4.69, 9.17) is 4.74 Å². The van der Waals surface area contributed by atoms with Crippen LogP contribution in [0.3, 0.4) is 0 Å². The number of morpholine rings is 1. The molecule has 2 heterocycles. The van der Waals surface area contributed by atoms with E-state index in [-0.39, 0.29) is 11.8 Å². The van der Waals surface area contributed by atoms with Crippen molar-refractivity contribution in [1.82, 2.24) is 15.1 Å². The first-order valence-electron chi connectivity index (χ1n) is 6.61. The van der Waals surface area contributed by atoms with Crippen LogP contribution in [-0.2, 0) is 14.3 Å². The lowest BCUT2D eigenvalue weighted by atomic mass is 10.2. The first-order valence-corrected chi connectivity index (χ1v) is 6.61. The number of rotatable bonds is 3. The summed E-state index contributed by atoms with van der Waals surface area (Å²) >= 11 is 0. The van der Waals surface area contributed by atoms with E-state index in [2.05, 4.69) is 5.32 Å². The standard InChI is InChI=1S/C12H21N3O3/c16-11(14-5-3-13-4-6-14)1-2-12(17)15-7-9-18-10-8-15/h13H,1-10H2. The van der Waals surface area contributed by atoms with Crippen molar-refractivity contribution in [2.75, 3.05) is 52.5 Å². The molecule has 2 amide bonds. The van der Waals surface area contributed by atoms with E-state index in [0.29, 0.717) is 39.1 Å². The molecule has 2 aliphatic rings. The maximum Gasteiger partial charge on any atom is 0.223 e. The molecule has 0 radical (unpaired) electrons. The minimum atomic E-state index is 0.0711. The van der Waals surface area contributed by atoms with Crippen molar-refractivity contribution >= 4 is 11.8 Å². The van der Waals surface area contributed by atoms with Crippen LogP contribution >= 0.6 is 0 Å². The number of piperazine rings is 1. The molecule has 102 valence electrons. The van der Waals surface area contributed by atoms with Crippen LogP contribution in [0.25, 0.3) is 0 Å². The molecule has 6 heteroatoms. The van der Waals surface area contributed by atoms with E-state index in [1.165, 1.54) is 0 Å². The van der Waals surface area contributed by atoms with Gasteiger partial charge in [0.2, 0.25) is 11.8 Å². The van der Waals surface area contributed by atoms with Gasteiger partial charge in [0, 0.05) is 52.1 Å². The number of carbonyl (C=O) groups is 2. The van der Waals surface area contributed by atoms with E-state index in [9.17, 15) is 9.59 Å². The summed E-state index contributed by atoms with van der Waals surface area (Å²) in [6.07, 6.45) is 0.652. The molecule has 0 unspecified atom stereocenters. The fraction of sp³-hybridized carbons (Fsp3) is 0.833. The molecule has 0 saturated carbocycles. The molecule has 1 N–H and O–H groups in total. The first kappa shape index (κ1) is 13.3.